The van der Waals surface area contributed by atoms with Crippen LogP contribution in [-0.4, -0.2) is 37.2 Å². The van der Waals surface area contributed by atoms with E-state index in [2.05, 4.69) is 4.72 Å². The van der Waals surface area contributed by atoms with Gasteiger partial charge in [-0.3, -0.25) is 0 Å². The van der Waals surface area contributed by atoms with Gasteiger partial charge >= 0.3 is 5.97 Å². The van der Waals surface area contributed by atoms with E-state index in [9.17, 15) is 18.3 Å². The van der Waals surface area contributed by atoms with Crippen LogP contribution in [0, 0.1) is 5.92 Å². The topological polar surface area (TPSA) is 104 Å². The van der Waals surface area contributed by atoms with Crippen LogP contribution in [0.25, 0.3) is 0 Å². The summed E-state index contributed by atoms with van der Waals surface area (Å²) in [6.07, 6.45) is -0.878. The number of nitrogens with one attached hydrogen (secondary N) is 1. The van der Waals surface area contributed by atoms with Gasteiger partial charge in [-0.2, -0.15) is 0 Å². The van der Waals surface area contributed by atoms with Crippen LogP contribution in [0.3, 0.4) is 0 Å². The lowest BCUT2D eigenvalue weighted by Crippen LogP contribution is -2.35. The van der Waals surface area contributed by atoms with Gasteiger partial charge in [-0.05, 0) is 18.1 Å². The molecule has 0 aliphatic rings. The number of aliphatic hydroxyl groups is 1. The number of carbonyl (C=O) groups is 1. The normalized spacial score (nSPS) is 13.4. The van der Waals surface area contributed by atoms with Crippen molar-refractivity contribution in [2.75, 3.05) is 6.54 Å². The van der Waals surface area contributed by atoms with Crippen LogP contribution in [0.4, 0.5) is 0 Å². The van der Waals surface area contributed by atoms with E-state index < -0.39 is 37.6 Å². The van der Waals surface area contributed by atoms with Gasteiger partial charge in [0.15, 0.2) is 0 Å². The van der Waals surface area contributed by atoms with Crippen LogP contribution in [0.2, 0.25) is 10.0 Å². The fraction of sp³-hybridized carbons (Fsp3) is 0.417. The third-order valence-electron chi connectivity index (χ3n) is 2.78. The standard InChI is InChI=1S/C12H15Cl2NO5S/c1-6(2)9(16)5-15-21(19,20)10-4-7(13)3-8(11(10)14)12(17)18/h3-4,6,9,15-16H,5H2,1-2H3,(H,17,18). The van der Waals surface area contributed by atoms with Crippen molar-refractivity contribution in [2.24, 2.45) is 5.92 Å². The van der Waals surface area contributed by atoms with E-state index in [0.29, 0.717) is 0 Å². The molecular formula is C12H15Cl2NO5S. The first kappa shape index (κ1) is 18.2. The van der Waals surface area contributed by atoms with Crippen molar-refractivity contribution in [2.45, 2.75) is 24.8 Å². The predicted molar refractivity (Wildman–Crippen MR) is 79.5 cm³/mol. The van der Waals surface area contributed by atoms with Crippen LogP contribution < -0.4 is 4.72 Å². The lowest BCUT2D eigenvalue weighted by molar-refractivity contribution is 0.0697. The van der Waals surface area contributed by atoms with Crippen LogP contribution >= 0.6 is 23.2 Å². The van der Waals surface area contributed by atoms with Crippen molar-refractivity contribution >= 4 is 39.2 Å². The Labute approximate surface area is 132 Å². The van der Waals surface area contributed by atoms with Gasteiger partial charge in [0.05, 0.1) is 16.7 Å². The predicted octanol–water partition coefficient (Wildman–Crippen LogP) is 1.99. The number of rotatable bonds is 6. The first-order chi connectivity index (χ1) is 9.56. The summed E-state index contributed by atoms with van der Waals surface area (Å²) in [5, 5.41) is 18.1. The maximum atomic E-state index is 12.1. The highest BCUT2D eigenvalue weighted by Gasteiger charge is 2.24. The molecule has 0 spiro atoms. The van der Waals surface area contributed by atoms with Gasteiger partial charge in [-0.25, -0.2) is 17.9 Å². The van der Waals surface area contributed by atoms with Crippen molar-refractivity contribution in [3.8, 4) is 0 Å². The number of halogens is 2. The molecule has 0 heterocycles. The van der Waals surface area contributed by atoms with Gasteiger partial charge < -0.3 is 10.2 Å². The molecule has 0 amide bonds. The summed E-state index contributed by atoms with van der Waals surface area (Å²) in [4.78, 5) is 10.6. The number of benzene rings is 1. The van der Waals surface area contributed by atoms with E-state index in [-0.39, 0.29) is 17.5 Å². The van der Waals surface area contributed by atoms with Gasteiger partial charge in [0.25, 0.3) is 0 Å². The largest absolute Gasteiger partial charge is 0.478 e. The molecule has 0 aliphatic carbocycles. The summed E-state index contributed by atoms with van der Waals surface area (Å²) in [6.45, 7) is 3.24. The fourth-order valence-electron chi connectivity index (χ4n) is 1.42. The molecule has 0 aliphatic heterocycles. The summed E-state index contributed by atoms with van der Waals surface area (Å²) in [5.41, 5.74) is -0.408. The second-order valence-corrected chi connectivity index (χ2v) is 7.28. The minimum Gasteiger partial charge on any atom is -0.478 e. The summed E-state index contributed by atoms with van der Waals surface area (Å²) in [6, 6.07) is 2.12. The third-order valence-corrected chi connectivity index (χ3v) is 4.96. The highest BCUT2D eigenvalue weighted by molar-refractivity contribution is 7.89. The molecule has 0 aromatic heterocycles. The summed E-state index contributed by atoms with van der Waals surface area (Å²) >= 11 is 11.5. The van der Waals surface area contributed by atoms with E-state index in [1.165, 1.54) is 0 Å². The van der Waals surface area contributed by atoms with Crippen molar-refractivity contribution < 1.29 is 23.4 Å². The van der Waals surface area contributed by atoms with E-state index in [4.69, 9.17) is 28.3 Å². The van der Waals surface area contributed by atoms with Gasteiger partial charge in [0, 0.05) is 11.6 Å². The average Bonchev–Trinajstić information content (AvgIpc) is 2.37. The molecule has 0 fully saturated rings. The van der Waals surface area contributed by atoms with Crippen molar-refractivity contribution in [1.29, 1.82) is 0 Å². The Morgan fingerprint density at radius 3 is 2.38 bits per heavy atom. The number of hydrogen-bond acceptors (Lipinski definition) is 4. The zero-order valence-corrected chi connectivity index (χ0v) is 13.6. The Bertz CT molecular complexity index is 645. The Balaban J connectivity index is 3.17. The molecule has 3 N–H and O–H groups in total. The maximum Gasteiger partial charge on any atom is 0.337 e. The molecule has 1 unspecified atom stereocenters. The molecule has 118 valence electrons. The van der Waals surface area contributed by atoms with Crippen molar-refractivity contribution in [1.82, 2.24) is 4.72 Å². The number of hydrogen-bond donors (Lipinski definition) is 3. The van der Waals surface area contributed by atoms with Crippen molar-refractivity contribution in [3.05, 3.63) is 27.7 Å². The monoisotopic (exact) mass is 355 g/mol. The minimum atomic E-state index is -4.09. The summed E-state index contributed by atoms with van der Waals surface area (Å²) < 4.78 is 26.5. The van der Waals surface area contributed by atoms with Crippen LogP contribution in [0.1, 0.15) is 24.2 Å². The SMILES string of the molecule is CC(C)C(O)CNS(=O)(=O)c1cc(Cl)cc(C(=O)O)c1Cl. The van der Waals surface area contributed by atoms with E-state index in [1.807, 2.05) is 0 Å². The zero-order valence-electron chi connectivity index (χ0n) is 11.3. The number of sulfonamides is 1. The number of carboxylic acids is 1. The molecule has 0 bridgehead atoms. The Kier molecular flexibility index (Phi) is 6.01. The number of carboxylic acid groups (broad SMARTS) is 1. The summed E-state index contributed by atoms with van der Waals surface area (Å²) in [7, 11) is -4.09. The number of aromatic carboxylic acids is 1. The molecule has 1 aromatic rings. The van der Waals surface area contributed by atoms with Crippen LogP contribution in [0.5, 0.6) is 0 Å². The molecule has 1 aromatic carbocycles. The second-order valence-electron chi connectivity index (χ2n) is 4.73. The van der Waals surface area contributed by atoms with Gasteiger partial charge in [-0.1, -0.05) is 37.0 Å². The lowest BCUT2D eigenvalue weighted by Gasteiger charge is -2.16. The molecule has 0 saturated carbocycles. The molecule has 0 saturated heterocycles. The van der Waals surface area contributed by atoms with E-state index in [0.717, 1.165) is 12.1 Å². The molecule has 0 radical (unpaired) electrons. The summed E-state index contributed by atoms with van der Waals surface area (Å²) in [5.74, 6) is -1.53. The second kappa shape index (κ2) is 6.93. The first-order valence-corrected chi connectivity index (χ1v) is 8.20. The molecule has 1 atom stereocenters. The molecule has 9 heteroatoms. The van der Waals surface area contributed by atoms with E-state index >= 15 is 0 Å². The Morgan fingerprint density at radius 2 is 1.90 bits per heavy atom. The highest BCUT2D eigenvalue weighted by atomic mass is 35.5. The third kappa shape index (κ3) is 4.55. The van der Waals surface area contributed by atoms with Crippen LogP contribution in [0.15, 0.2) is 17.0 Å². The number of aliphatic hydroxyl groups excluding tert-OH is 1. The lowest BCUT2D eigenvalue weighted by atomic mass is 10.1. The van der Waals surface area contributed by atoms with Gasteiger partial charge in [-0.15, -0.1) is 0 Å². The quantitative estimate of drug-likeness (QED) is 0.723. The molecule has 1 rings (SSSR count). The smallest absolute Gasteiger partial charge is 0.337 e. The molecule has 6 nitrogen and oxygen atoms in total. The fourth-order valence-corrected chi connectivity index (χ4v) is 3.38. The van der Waals surface area contributed by atoms with Gasteiger partial charge in [0.1, 0.15) is 4.90 Å². The Hall–Kier alpha value is -0.860. The first-order valence-electron chi connectivity index (χ1n) is 5.96. The minimum absolute atomic E-state index is 0.0680. The van der Waals surface area contributed by atoms with E-state index in [1.54, 1.807) is 13.8 Å². The average molecular weight is 356 g/mol. The molecule has 21 heavy (non-hydrogen) atoms. The zero-order chi connectivity index (χ0) is 16.4. The highest BCUT2D eigenvalue weighted by Crippen LogP contribution is 2.29. The van der Waals surface area contributed by atoms with Gasteiger partial charge in [0.2, 0.25) is 10.0 Å². The van der Waals surface area contributed by atoms with Crippen LogP contribution in [-0.2, 0) is 10.0 Å². The molecular weight excluding hydrogens is 341 g/mol. The Morgan fingerprint density at radius 1 is 1.33 bits per heavy atom. The maximum absolute atomic E-state index is 12.1. The van der Waals surface area contributed by atoms with Crippen molar-refractivity contribution in [3.63, 3.8) is 0 Å².